The van der Waals surface area contributed by atoms with E-state index in [1.807, 2.05) is 44.5 Å². The molecular formula is C28H36F2N4O2. The number of nitrogens with zero attached hydrogens (tertiary/aromatic N) is 3. The van der Waals surface area contributed by atoms with Gasteiger partial charge in [-0.1, -0.05) is 45.0 Å². The highest BCUT2D eigenvalue weighted by atomic mass is 19.1. The van der Waals surface area contributed by atoms with Gasteiger partial charge in [-0.3, -0.25) is 4.79 Å². The van der Waals surface area contributed by atoms with Crippen molar-refractivity contribution in [2.24, 2.45) is 11.1 Å². The van der Waals surface area contributed by atoms with Gasteiger partial charge in [0.25, 0.3) is 0 Å². The monoisotopic (exact) mass is 498 g/mol. The molecule has 0 saturated carbocycles. The smallest absolute Gasteiger partial charge is 0.249 e. The molecular weight excluding hydrogens is 462 g/mol. The normalized spacial score (nSPS) is 13.4. The van der Waals surface area contributed by atoms with Gasteiger partial charge in [-0.15, -0.1) is 0 Å². The van der Waals surface area contributed by atoms with E-state index < -0.39 is 11.5 Å². The summed E-state index contributed by atoms with van der Waals surface area (Å²) >= 11 is 0. The van der Waals surface area contributed by atoms with Crippen LogP contribution in [-0.2, 0) is 16.1 Å². The Balaban J connectivity index is 2.18. The lowest BCUT2D eigenvalue weighted by Gasteiger charge is -2.40. The van der Waals surface area contributed by atoms with Crippen LogP contribution in [0.1, 0.15) is 51.5 Å². The molecule has 0 aliphatic heterocycles. The van der Waals surface area contributed by atoms with Gasteiger partial charge < -0.3 is 19.9 Å². The minimum Gasteiger partial charge on any atom is -0.375 e. The van der Waals surface area contributed by atoms with Gasteiger partial charge in [0.2, 0.25) is 5.91 Å². The highest BCUT2D eigenvalue weighted by molar-refractivity contribution is 5.78. The first-order valence-electron chi connectivity index (χ1n) is 12.1. The standard InChI is InChI=1S/C28H36F2N4O2/c1-19(31)12-13-34(25(35)18-36-5)26(28(2,3)4)27-32-24(21-9-7-11-23(30)15-21)17-33(27)16-20-8-6-10-22(29)14-20/h6-11,14-15,17,19,26H,12-13,16,18,31H2,1-5H3/t19?,26-/m0/s1. The van der Waals surface area contributed by atoms with Crippen LogP contribution in [0.4, 0.5) is 8.78 Å². The van der Waals surface area contributed by atoms with Crippen molar-refractivity contribution in [2.75, 3.05) is 20.3 Å². The van der Waals surface area contributed by atoms with E-state index in [9.17, 15) is 13.6 Å². The van der Waals surface area contributed by atoms with Gasteiger partial charge in [0.1, 0.15) is 24.1 Å². The highest BCUT2D eigenvalue weighted by Crippen LogP contribution is 2.39. The molecule has 0 bridgehead atoms. The van der Waals surface area contributed by atoms with Crippen molar-refractivity contribution in [2.45, 2.75) is 52.7 Å². The number of ether oxygens (including phenoxy) is 1. The predicted octanol–water partition coefficient (Wildman–Crippen LogP) is 5.18. The molecule has 2 atom stereocenters. The maximum absolute atomic E-state index is 14.0. The Hall–Kier alpha value is -3.10. The summed E-state index contributed by atoms with van der Waals surface area (Å²) in [4.78, 5) is 20.0. The summed E-state index contributed by atoms with van der Waals surface area (Å²) in [5, 5.41) is 0. The fourth-order valence-electron chi connectivity index (χ4n) is 4.34. The third-order valence-electron chi connectivity index (χ3n) is 5.96. The molecule has 0 saturated heterocycles. The summed E-state index contributed by atoms with van der Waals surface area (Å²) in [5.41, 5.74) is 7.55. The van der Waals surface area contributed by atoms with Crippen LogP contribution in [-0.4, -0.2) is 46.7 Å². The second-order valence-electron chi connectivity index (χ2n) is 10.3. The summed E-state index contributed by atoms with van der Waals surface area (Å²) < 4.78 is 35.1. The lowest BCUT2D eigenvalue weighted by molar-refractivity contribution is -0.140. The van der Waals surface area contributed by atoms with Crippen LogP contribution in [0.25, 0.3) is 11.3 Å². The van der Waals surface area contributed by atoms with Gasteiger partial charge >= 0.3 is 0 Å². The average Bonchev–Trinajstić information content (AvgIpc) is 3.18. The molecule has 3 rings (SSSR count). The van der Waals surface area contributed by atoms with Crippen LogP contribution >= 0.6 is 0 Å². The van der Waals surface area contributed by atoms with Crippen molar-refractivity contribution in [3.05, 3.63) is 77.8 Å². The molecule has 194 valence electrons. The highest BCUT2D eigenvalue weighted by Gasteiger charge is 2.38. The molecule has 1 aromatic heterocycles. The van der Waals surface area contributed by atoms with E-state index in [4.69, 9.17) is 15.5 Å². The Labute approximate surface area is 212 Å². The quantitative estimate of drug-likeness (QED) is 0.418. The van der Waals surface area contributed by atoms with Crippen LogP contribution in [0.5, 0.6) is 0 Å². The molecule has 0 fully saturated rings. The lowest BCUT2D eigenvalue weighted by atomic mass is 9.84. The molecule has 0 radical (unpaired) electrons. The third kappa shape index (κ3) is 6.98. The van der Waals surface area contributed by atoms with E-state index in [0.29, 0.717) is 36.6 Å². The zero-order valence-electron chi connectivity index (χ0n) is 21.7. The summed E-state index contributed by atoms with van der Waals surface area (Å²) in [5.74, 6) is -0.249. The van der Waals surface area contributed by atoms with Crippen LogP contribution in [0.3, 0.4) is 0 Å². The van der Waals surface area contributed by atoms with Crippen molar-refractivity contribution in [3.8, 4) is 11.3 Å². The van der Waals surface area contributed by atoms with Crippen molar-refractivity contribution >= 4 is 5.91 Å². The van der Waals surface area contributed by atoms with Gasteiger partial charge in [-0.2, -0.15) is 0 Å². The van der Waals surface area contributed by atoms with Crippen LogP contribution < -0.4 is 5.73 Å². The van der Waals surface area contributed by atoms with E-state index in [1.54, 1.807) is 23.1 Å². The second kappa shape index (κ2) is 11.8. The Morgan fingerprint density at radius 3 is 2.39 bits per heavy atom. The number of hydrogen-bond acceptors (Lipinski definition) is 4. The molecule has 1 amide bonds. The van der Waals surface area contributed by atoms with Gasteiger partial charge in [-0.05, 0) is 48.6 Å². The van der Waals surface area contributed by atoms with Crippen LogP contribution in [0.2, 0.25) is 0 Å². The Kier molecular flexibility index (Phi) is 8.98. The number of methoxy groups -OCH3 is 1. The molecule has 2 aromatic carbocycles. The average molecular weight is 499 g/mol. The van der Waals surface area contributed by atoms with Crippen molar-refractivity contribution in [1.29, 1.82) is 0 Å². The molecule has 3 aromatic rings. The molecule has 8 heteroatoms. The SMILES string of the molecule is COCC(=O)N(CCC(C)N)[C@@H](c1nc(-c2cccc(F)c2)cn1Cc1cccc(F)c1)C(C)(C)C. The minimum atomic E-state index is -0.449. The number of imidazole rings is 1. The molecule has 1 unspecified atom stereocenters. The molecule has 36 heavy (non-hydrogen) atoms. The Bertz CT molecular complexity index is 1170. The summed E-state index contributed by atoms with van der Waals surface area (Å²) in [7, 11) is 1.49. The van der Waals surface area contributed by atoms with E-state index in [2.05, 4.69) is 0 Å². The maximum atomic E-state index is 14.0. The summed E-state index contributed by atoms with van der Waals surface area (Å²) in [6.07, 6.45) is 2.43. The fourth-order valence-corrected chi connectivity index (χ4v) is 4.34. The molecule has 0 aliphatic rings. The second-order valence-corrected chi connectivity index (χ2v) is 10.3. The number of hydrogen-bond donors (Lipinski definition) is 1. The van der Waals surface area contributed by atoms with Crippen molar-refractivity contribution in [1.82, 2.24) is 14.5 Å². The number of carbonyl (C=O) groups is 1. The number of halogens is 2. The summed E-state index contributed by atoms with van der Waals surface area (Å²) in [6.45, 7) is 8.70. The zero-order chi connectivity index (χ0) is 26.5. The van der Waals surface area contributed by atoms with Gasteiger partial charge in [-0.25, -0.2) is 13.8 Å². The Morgan fingerprint density at radius 2 is 1.81 bits per heavy atom. The first-order chi connectivity index (χ1) is 17.0. The molecule has 6 nitrogen and oxygen atoms in total. The largest absolute Gasteiger partial charge is 0.375 e. The van der Waals surface area contributed by atoms with Gasteiger partial charge in [0.15, 0.2) is 0 Å². The number of rotatable bonds is 10. The lowest BCUT2D eigenvalue weighted by Crippen LogP contribution is -2.45. The minimum absolute atomic E-state index is 0.0765. The van der Waals surface area contributed by atoms with Gasteiger partial charge in [0, 0.05) is 38.0 Å². The van der Waals surface area contributed by atoms with Gasteiger partial charge in [0.05, 0.1) is 11.7 Å². The first-order valence-corrected chi connectivity index (χ1v) is 12.1. The number of nitrogens with two attached hydrogens (primary N) is 1. The predicted molar refractivity (Wildman–Crippen MR) is 137 cm³/mol. The van der Waals surface area contributed by atoms with Crippen molar-refractivity contribution in [3.63, 3.8) is 0 Å². The van der Waals surface area contributed by atoms with E-state index in [-0.39, 0.29) is 30.2 Å². The fraction of sp³-hybridized carbons (Fsp3) is 0.429. The van der Waals surface area contributed by atoms with E-state index >= 15 is 0 Å². The summed E-state index contributed by atoms with van der Waals surface area (Å²) in [6, 6.07) is 12.0. The van der Waals surface area contributed by atoms with Crippen molar-refractivity contribution < 1.29 is 18.3 Å². The van der Waals surface area contributed by atoms with E-state index in [0.717, 1.165) is 5.56 Å². The third-order valence-corrected chi connectivity index (χ3v) is 5.96. The first kappa shape index (κ1) is 27.5. The topological polar surface area (TPSA) is 73.4 Å². The number of benzene rings is 2. The van der Waals surface area contributed by atoms with Crippen LogP contribution in [0, 0.1) is 17.0 Å². The number of amides is 1. The molecule has 0 spiro atoms. The molecule has 2 N–H and O–H groups in total. The van der Waals surface area contributed by atoms with E-state index in [1.165, 1.54) is 31.4 Å². The van der Waals surface area contributed by atoms with Crippen LogP contribution in [0.15, 0.2) is 54.7 Å². The maximum Gasteiger partial charge on any atom is 0.249 e. The number of carbonyl (C=O) groups excluding carboxylic acids is 1. The number of aromatic nitrogens is 2. The zero-order valence-corrected chi connectivity index (χ0v) is 21.7. The Morgan fingerprint density at radius 1 is 1.14 bits per heavy atom. The molecule has 0 aliphatic carbocycles. The molecule has 1 heterocycles.